The zero-order chi connectivity index (χ0) is 14.0. The van der Waals surface area contributed by atoms with Crippen molar-refractivity contribution in [3.05, 3.63) is 46.5 Å². The van der Waals surface area contributed by atoms with Gasteiger partial charge in [0.25, 0.3) is 0 Å². The summed E-state index contributed by atoms with van der Waals surface area (Å²) < 4.78 is 15.7. The number of nitrogens with one attached hydrogen (secondary N) is 1. The lowest BCUT2D eigenvalue weighted by atomic mass is 10.1. The molecule has 3 nitrogen and oxygen atoms in total. The molecule has 0 radical (unpaired) electrons. The van der Waals surface area contributed by atoms with E-state index in [0.29, 0.717) is 17.7 Å². The van der Waals surface area contributed by atoms with E-state index in [0.717, 1.165) is 23.8 Å². The van der Waals surface area contributed by atoms with Crippen LogP contribution in [0, 0.1) is 26.6 Å². The maximum Gasteiger partial charge on any atom is 0.203 e. The van der Waals surface area contributed by atoms with E-state index in [9.17, 15) is 4.39 Å². The fourth-order valence-corrected chi connectivity index (χ4v) is 2.29. The molecule has 2 rings (SSSR count). The predicted octanol–water partition coefficient (Wildman–Crippen LogP) is 3.43. The summed E-state index contributed by atoms with van der Waals surface area (Å²) in [4.78, 5) is 4.44. The number of hydrogen-bond donors (Lipinski definition) is 1. The van der Waals surface area contributed by atoms with Gasteiger partial charge in [0.05, 0.1) is 12.2 Å². The van der Waals surface area contributed by atoms with Gasteiger partial charge in [-0.2, -0.15) is 0 Å². The SMILES string of the molecule is CCNc1nc(C)cn1Cc1cc(C)c(F)c(C)c1. The lowest BCUT2D eigenvalue weighted by molar-refractivity contribution is 0.607. The molecule has 0 fully saturated rings. The van der Waals surface area contributed by atoms with Crippen molar-refractivity contribution in [1.29, 1.82) is 0 Å². The van der Waals surface area contributed by atoms with Crippen LogP contribution in [0.2, 0.25) is 0 Å². The first-order valence-corrected chi connectivity index (χ1v) is 6.54. The minimum absolute atomic E-state index is 0.113. The van der Waals surface area contributed by atoms with E-state index in [2.05, 4.69) is 14.9 Å². The van der Waals surface area contributed by atoms with Crippen molar-refractivity contribution in [3.8, 4) is 0 Å². The van der Waals surface area contributed by atoms with Gasteiger partial charge in [-0.25, -0.2) is 9.37 Å². The summed E-state index contributed by atoms with van der Waals surface area (Å²) in [6, 6.07) is 3.79. The second-order valence-electron chi connectivity index (χ2n) is 4.91. The average Bonchev–Trinajstić information content (AvgIpc) is 2.67. The summed E-state index contributed by atoms with van der Waals surface area (Å²) in [5.41, 5.74) is 3.45. The summed E-state index contributed by atoms with van der Waals surface area (Å²) in [5, 5.41) is 3.24. The first kappa shape index (κ1) is 13.6. The molecule has 1 aromatic heterocycles. The summed E-state index contributed by atoms with van der Waals surface area (Å²) in [6.07, 6.45) is 2.01. The lowest BCUT2D eigenvalue weighted by Gasteiger charge is -2.10. The van der Waals surface area contributed by atoms with Crippen LogP contribution in [0.3, 0.4) is 0 Å². The summed E-state index contributed by atoms with van der Waals surface area (Å²) in [7, 11) is 0. The van der Waals surface area contributed by atoms with Crippen LogP contribution in [0.15, 0.2) is 18.3 Å². The van der Waals surface area contributed by atoms with Crippen molar-refractivity contribution in [1.82, 2.24) is 9.55 Å². The van der Waals surface area contributed by atoms with Crippen LogP contribution in [0.5, 0.6) is 0 Å². The molecule has 19 heavy (non-hydrogen) atoms. The van der Waals surface area contributed by atoms with E-state index >= 15 is 0 Å². The Bertz CT molecular complexity index is 564. The van der Waals surface area contributed by atoms with Crippen molar-refractivity contribution in [3.63, 3.8) is 0 Å². The third-order valence-corrected chi connectivity index (χ3v) is 3.08. The molecule has 2 aromatic rings. The van der Waals surface area contributed by atoms with Gasteiger partial charge in [0.1, 0.15) is 5.82 Å². The highest BCUT2D eigenvalue weighted by molar-refractivity contribution is 5.34. The molecule has 0 aliphatic rings. The Kier molecular flexibility index (Phi) is 3.88. The van der Waals surface area contributed by atoms with Crippen molar-refractivity contribution >= 4 is 5.95 Å². The van der Waals surface area contributed by atoms with Gasteiger partial charge in [0, 0.05) is 12.7 Å². The first-order chi connectivity index (χ1) is 9.01. The van der Waals surface area contributed by atoms with Crippen LogP contribution < -0.4 is 5.32 Å². The highest BCUT2D eigenvalue weighted by atomic mass is 19.1. The fourth-order valence-electron chi connectivity index (χ4n) is 2.29. The maximum atomic E-state index is 13.6. The number of benzene rings is 1. The number of rotatable bonds is 4. The van der Waals surface area contributed by atoms with E-state index in [1.54, 1.807) is 13.8 Å². The Morgan fingerprint density at radius 2 is 1.84 bits per heavy atom. The van der Waals surface area contributed by atoms with Crippen molar-refractivity contribution in [2.24, 2.45) is 0 Å². The predicted molar refractivity (Wildman–Crippen MR) is 76.1 cm³/mol. The standard InChI is InChI=1S/C15H20FN3/c1-5-17-15-18-12(4)8-19(15)9-13-6-10(2)14(16)11(3)7-13/h6-8H,5,9H2,1-4H3,(H,17,18). The van der Waals surface area contributed by atoms with Crippen LogP contribution in [0.4, 0.5) is 10.3 Å². The number of aromatic nitrogens is 2. The molecule has 0 aliphatic carbocycles. The van der Waals surface area contributed by atoms with E-state index in [-0.39, 0.29) is 5.82 Å². The molecule has 0 unspecified atom stereocenters. The van der Waals surface area contributed by atoms with Gasteiger partial charge < -0.3 is 9.88 Å². The van der Waals surface area contributed by atoms with Crippen LogP contribution in [-0.4, -0.2) is 16.1 Å². The van der Waals surface area contributed by atoms with Gasteiger partial charge >= 0.3 is 0 Å². The van der Waals surface area contributed by atoms with E-state index in [1.807, 2.05) is 32.2 Å². The zero-order valence-electron chi connectivity index (χ0n) is 11.9. The normalized spacial score (nSPS) is 10.8. The molecule has 0 saturated heterocycles. The van der Waals surface area contributed by atoms with Gasteiger partial charge in [-0.1, -0.05) is 12.1 Å². The van der Waals surface area contributed by atoms with Crippen molar-refractivity contribution in [2.45, 2.75) is 34.2 Å². The molecule has 0 amide bonds. The van der Waals surface area contributed by atoms with Gasteiger partial charge in [0.2, 0.25) is 5.95 Å². The third-order valence-electron chi connectivity index (χ3n) is 3.08. The molecule has 0 aliphatic heterocycles. The number of hydrogen-bond acceptors (Lipinski definition) is 2. The molecule has 0 spiro atoms. The molecular weight excluding hydrogens is 241 g/mol. The summed E-state index contributed by atoms with van der Waals surface area (Å²) in [5.74, 6) is 0.747. The molecule has 0 bridgehead atoms. The topological polar surface area (TPSA) is 29.9 Å². The molecule has 0 saturated carbocycles. The van der Waals surface area contributed by atoms with E-state index in [4.69, 9.17) is 0 Å². The molecular formula is C15H20FN3. The van der Waals surface area contributed by atoms with Crippen molar-refractivity contribution < 1.29 is 4.39 Å². The highest BCUT2D eigenvalue weighted by Crippen LogP contribution is 2.17. The van der Waals surface area contributed by atoms with Gasteiger partial charge in [0.15, 0.2) is 0 Å². The Hall–Kier alpha value is -1.84. The van der Waals surface area contributed by atoms with Crippen LogP contribution in [0.25, 0.3) is 0 Å². The van der Waals surface area contributed by atoms with Gasteiger partial charge in [-0.05, 0) is 44.4 Å². The number of imidazole rings is 1. The number of halogens is 1. The number of anilines is 1. The van der Waals surface area contributed by atoms with E-state index in [1.165, 1.54) is 0 Å². The number of nitrogens with zero attached hydrogens (tertiary/aromatic N) is 2. The first-order valence-electron chi connectivity index (χ1n) is 6.54. The second kappa shape index (κ2) is 5.43. The van der Waals surface area contributed by atoms with Crippen LogP contribution in [-0.2, 0) is 6.54 Å². The molecule has 1 aromatic carbocycles. The Morgan fingerprint density at radius 3 is 2.42 bits per heavy atom. The zero-order valence-corrected chi connectivity index (χ0v) is 11.9. The summed E-state index contributed by atoms with van der Waals surface area (Å²) in [6.45, 7) is 9.15. The largest absolute Gasteiger partial charge is 0.356 e. The smallest absolute Gasteiger partial charge is 0.203 e. The monoisotopic (exact) mass is 261 g/mol. The molecule has 0 atom stereocenters. The van der Waals surface area contributed by atoms with Crippen molar-refractivity contribution in [2.75, 3.05) is 11.9 Å². The molecule has 4 heteroatoms. The fraction of sp³-hybridized carbons (Fsp3) is 0.400. The van der Waals surface area contributed by atoms with Crippen LogP contribution >= 0.6 is 0 Å². The second-order valence-corrected chi connectivity index (χ2v) is 4.91. The maximum absolute atomic E-state index is 13.6. The van der Waals surface area contributed by atoms with Gasteiger partial charge in [-0.15, -0.1) is 0 Å². The number of aryl methyl sites for hydroxylation is 3. The molecule has 102 valence electrons. The van der Waals surface area contributed by atoms with E-state index < -0.39 is 0 Å². The highest BCUT2D eigenvalue weighted by Gasteiger charge is 2.08. The average molecular weight is 261 g/mol. The van der Waals surface area contributed by atoms with Gasteiger partial charge in [-0.3, -0.25) is 0 Å². The van der Waals surface area contributed by atoms with Crippen LogP contribution in [0.1, 0.15) is 29.3 Å². The minimum atomic E-state index is -0.113. The Morgan fingerprint density at radius 1 is 1.21 bits per heavy atom. The lowest BCUT2D eigenvalue weighted by Crippen LogP contribution is -2.08. The summed E-state index contributed by atoms with van der Waals surface area (Å²) >= 11 is 0. The Labute approximate surface area is 113 Å². The minimum Gasteiger partial charge on any atom is -0.356 e. The Balaban J connectivity index is 2.30. The molecule has 1 N–H and O–H groups in total. The molecule has 1 heterocycles. The quantitative estimate of drug-likeness (QED) is 0.913. The third kappa shape index (κ3) is 2.95.